The molecule has 2 amide bonds. The quantitative estimate of drug-likeness (QED) is 0.570. The molecule has 0 aliphatic rings. The number of rotatable bonds is 9. The van der Waals surface area contributed by atoms with Gasteiger partial charge in [-0.05, 0) is 44.5 Å². The van der Waals surface area contributed by atoms with Gasteiger partial charge in [-0.1, -0.05) is 53.0 Å². The molecule has 0 radical (unpaired) electrons. The molecule has 1 atom stereocenters. The second kappa shape index (κ2) is 11.0. The van der Waals surface area contributed by atoms with E-state index in [1.54, 1.807) is 13.8 Å². The topological polar surface area (TPSA) is 86.8 Å². The predicted octanol–water partition coefficient (Wildman–Crippen LogP) is 3.62. The van der Waals surface area contributed by atoms with Crippen LogP contribution in [0.5, 0.6) is 0 Å². The van der Waals surface area contributed by atoms with Gasteiger partial charge in [0, 0.05) is 18.1 Å². The minimum atomic E-state index is -3.86. The number of nitrogens with one attached hydrogen (secondary N) is 1. The molecule has 2 aromatic carbocycles. The van der Waals surface area contributed by atoms with Gasteiger partial charge in [-0.15, -0.1) is 0 Å². The number of nitrogens with zero attached hydrogens (tertiary/aromatic N) is 2. The number of carbonyl (C=O) groups excluding carboxylic acids is 2. The van der Waals surface area contributed by atoms with Crippen LogP contribution in [0.3, 0.4) is 0 Å². The van der Waals surface area contributed by atoms with Crippen LogP contribution in [0.1, 0.15) is 25.0 Å². The van der Waals surface area contributed by atoms with Crippen LogP contribution < -0.4 is 9.62 Å². The fourth-order valence-corrected chi connectivity index (χ4v) is 4.61. The molecule has 0 bridgehead atoms. The van der Waals surface area contributed by atoms with E-state index in [0.29, 0.717) is 11.6 Å². The monoisotopic (exact) mass is 499 g/mol. The molecule has 1 N–H and O–H groups in total. The van der Waals surface area contributed by atoms with Gasteiger partial charge in [-0.3, -0.25) is 13.9 Å². The molecule has 0 spiro atoms. The summed E-state index contributed by atoms with van der Waals surface area (Å²) < 4.78 is 26.0. The summed E-state index contributed by atoms with van der Waals surface area (Å²) in [6.07, 6.45) is 0.989. The van der Waals surface area contributed by atoms with E-state index in [4.69, 9.17) is 23.2 Å². The van der Waals surface area contributed by atoms with Crippen LogP contribution in [-0.2, 0) is 26.2 Å². The smallest absolute Gasteiger partial charge is 0.244 e. The molecule has 0 saturated heterocycles. The van der Waals surface area contributed by atoms with E-state index >= 15 is 0 Å². The average Bonchev–Trinajstić information content (AvgIpc) is 2.69. The third-order valence-corrected chi connectivity index (χ3v) is 6.48. The molecule has 32 heavy (non-hydrogen) atoms. The average molecular weight is 500 g/mol. The van der Waals surface area contributed by atoms with Gasteiger partial charge >= 0.3 is 0 Å². The van der Waals surface area contributed by atoms with Crippen molar-refractivity contribution >= 4 is 50.7 Å². The highest BCUT2D eigenvalue weighted by Gasteiger charge is 2.30. The van der Waals surface area contributed by atoms with Crippen molar-refractivity contribution in [1.29, 1.82) is 0 Å². The zero-order chi connectivity index (χ0) is 24.1. The molecule has 0 aliphatic carbocycles. The molecular weight excluding hydrogens is 473 g/mol. The van der Waals surface area contributed by atoms with Gasteiger partial charge in [-0.2, -0.15) is 0 Å². The highest BCUT2D eigenvalue weighted by molar-refractivity contribution is 7.92. The van der Waals surface area contributed by atoms with E-state index in [-0.39, 0.29) is 23.2 Å². The Bertz CT molecular complexity index is 1090. The zero-order valence-electron chi connectivity index (χ0n) is 18.4. The summed E-state index contributed by atoms with van der Waals surface area (Å²) in [5, 5.41) is 3.14. The Kier molecular flexibility index (Phi) is 8.95. The molecule has 0 aromatic heterocycles. The Labute approximate surface area is 199 Å². The Morgan fingerprint density at radius 1 is 1.12 bits per heavy atom. The van der Waals surface area contributed by atoms with Crippen LogP contribution in [0, 0.1) is 6.92 Å². The highest BCUT2D eigenvalue weighted by atomic mass is 35.5. The lowest BCUT2D eigenvalue weighted by Gasteiger charge is -2.31. The third-order valence-electron chi connectivity index (χ3n) is 4.81. The number of sulfonamides is 1. The number of carbonyl (C=O) groups is 2. The van der Waals surface area contributed by atoms with Crippen LogP contribution in [-0.4, -0.2) is 50.5 Å². The SMILES string of the molecule is CCNC(=O)[C@@H](C)N(Cc1cccc(C)c1)C(=O)CN(c1ccc(Cl)cc1Cl)S(C)(=O)=O. The highest BCUT2D eigenvalue weighted by Crippen LogP contribution is 2.30. The largest absolute Gasteiger partial charge is 0.355 e. The van der Waals surface area contributed by atoms with Gasteiger partial charge < -0.3 is 10.2 Å². The molecular formula is C22H27Cl2N3O4S. The van der Waals surface area contributed by atoms with E-state index in [2.05, 4.69) is 5.32 Å². The first-order valence-electron chi connectivity index (χ1n) is 9.99. The fourth-order valence-electron chi connectivity index (χ4n) is 3.19. The number of amides is 2. The second-order valence-electron chi connectivity index (χ2n) is 7.45. The number of benzene rings is 2. The number of halogens is 2. The Morgan fingerprint density at radius 2 is 1.81 bits per heavy atom. The van der Waals surface area contributed by atoms with E-state index < -0.39 is 28.5 Å². The maximum atomic E-state index is 13.4. The summed E-state index contributed by atoms with van der Waals surface area (Å²) in [6.45, 7) is 5.35. The van der Waals surface area contributed by atoms with Crippen molar-refractivity contribution in [3.05, 3.63) is 63.6 Å². The van der Waals surface area contributed by atoms with Crippen LogP contribution in [0.2, 0.25) is 10.0 Å². The number of aryl methyl sites for hydroxylation is 1. The molecule has 10 heteroatoms. The number of likely N-dealkylation sites (N-methyl/N-ethyl adjacent to an activating group) is 1. The van der Waals surface area contributed by atoms with Crippen molar-refractivity contribution in [2.45, 2.75) is 33.4 Å². The molecule has 0 fully saturated rings. The summed E-state index contributed by atoms with van der Waals surface area (Å²) in [6, 6.07) is 11.1. The van der Waals surface area contributed by atoms with Crippen LogP contribution in [0.15, 0.2) is 42.5 Å². The Morgan fingerprint density at radius 3 is 2.38 bits per heavy atom. The standard InChI is InChI=1S/C22H27Cl2N3O4S/c1-5-25-22(29)16(3)26(13-17-8-6-7-15(2)11-17)21(28)14-27(32(4,30)31)20-10-9-18(23)12-19(20)24/h6-12,16H,5,13-14H2,1-4H3,(H,25,29)/t16-/m1/s1. The lowest BCUT2D eigenvalue weighted by Crippen LogP contribution is -2.51. The van der Waals surface area contributed by atoms with Gasteiger partial charge in [-0.25, -0.2) is 8.42 Å². The zero-order valence-corrected chi connectivity index (χ0v) is 20.8. The number of anilines is 1. The van der Waals surface area contributed by atoms with E-state index in [0.717, 1.165) is 21.7 Å². The number of hydrogen-bond acceptors (Lipinski definition) is 4. The van der Waals surface area contributed by atoms with Crippen molar-refractivity contribution in [3.8, 4) is 0 Å². The normalized spacial score (nSPS) is 12.2. The molecule has 0 aliphatic heterocycles. The maximum absolute atomic E-state index is 13.4. The van der Waals surface area contributed by atoms with Gasteiger partial charge in [0.15, 0.2) is 0 Å². The van der Waals surface area contributed by atoms with E-state index in [1.165, 1.54) is 23.1 Å². The van der Waals surface area contributed by atoms with E-state index in [9.17, 15) is 18.0 Å². The third kappa shape index (κ3) is 6.85. The minimum absolute atomic E-state index is 0.0951. The van der Waals surface area contributed by atoms with Crippen LogP contribution in [0.4, 0.5) is 5.69 Å². The second-order valence-corrected chi connectivity index (χ2v) is 10.2. The molecule has 0 heterocycles. The molecule has 2 rings (SSSR count). The predicted molar refractivity (Wildman–Crippen MR) is 129 cm³/mol. The molecule has 7 nitrogen and oxygen atoms in total. The van der Waals surface area contributed by atoms with Gasteiger partial charge in [0.25, 0.3) is 0 Å². The summed E-state index contributed by atoms with van der Waals surface area (Å²) in [4.78, 5) is 27.2. The van der Waals surface area contributed by atoms with Crippen molar-refractivity contribution < 1.29 is 18.0 Å². The van der Waals surface area contributed by atoms with Gasteiger partial charge in [0.05, 0.1) is 17.0 Å². The van der Waals surface area contributed by atoms with Gasteiger partial charge in [0.2, 0.25) is 21.8 Å². The molecule has 0 saturated carbocycles. The first-order chi connectivity index (χ1) is 14.9. The molecule has 2 aromatic rings. The summed E-state index contributed by atoms with van der Waals surface area (Å²) in [5.41, 5.74) is 1.96. The van der Waals surface area contributed by atoms with E-state index in [1.807, 2.05) is 31.2 Å². The Hall–Kier alpha value is -2.29. The van der Waals surface area contributed by atoms with Crippen molar-refractivity contribution in [1.82, 2.24) is 10.2 Å². The van der Waals surface area contributed by atoms with Crippen molar-refractivity contribution in [2.24, 2.45) is 0 Å². The lowest BCUT2D eigenvalue weighted by atomic mass is 10.1. The molecule has 174 valence electrons. The van der Waals surface area contributed by atoms with Crippen molar-refractivity contribution in [2.75, 3.05) is 23.7 Å². The first-order valence-corrected chi connectivity index (χ1v) is 12.6. The Balaban J connectivity index is 2.42. The van der Waals surface area contributed by atoms with Crippen LogP contribution >= 0.6 is 23.2 Å². The minimum Gasteiger partial charge on any atom is -0.355 e. The number of hydrogen-bond donors (Lipinski definition) is 1. The fraction of sp³-hybridized carbons (Fsp3) is 0.364. The van der Waals surface area contributed by atoms with Crippen molar-refractivity contribution in [3.63, 3.8) is 0 Å². The van der Waals surface area contributed by atoms with Gasteiger partial charge in [0.1, 0.15) is 12.6 Å². The summed E-state index contributed by atoms with van der Waals surface area (Å²) in [5.74, 6) is -0.870. The van der Waals surface area contributed by atoms with Crippen LogP contribution in [0.25, 0.3) is 0 Å². The summed E-state index contributed by atoms with van der Waals surface area (Å²) >= 11 is 12.1. The lowest BCUT2D eigenvalue weighted by molar-refractivity contribution is -0.139. The maximum Gasteiger partial charge on any atom is 0.244 e. The first kappa shape index (κ1) is 26.0. The molecule has 0 unspecified atom stereocenters. The summed E-state index contributed by atoms with van der Waals surface area (Å²) in [7, 11) is -3.86.